The molecular weight excluding hydrogens is 414 g/mol. The van der Waals surface area contributed by atoms with Gasteiger partial charge in [0.2, 0.25) is 11.0 Å². The van der Waals surface area contributed by atoms with Crippen LogP contribution in [-0.2, 0) is 26.3 Å². The van der Waals surface area contributed by atoms with E-state index in [0.717, 1.165) is 52.4 Å². The molecular formula is C32H28NO+. The van der Waals surface area contributed by atoms with Crippen LogP contribution in [0.5, 0.6) is 0 Å². The fourth-order valence-electron chi connectivity index (χ4n) is 5.56. The summed E-state index contributed by atoms with van der Waals surface area (Å²) in [6, 6.07) is 28.0. The van der Waals surface area contributed by atoms with Crippen molar-refractivity contribution >= 4 is 27.6 Å². The van der Waals surface area contributed by atoms with E-state index in [4.69, 9.17) is 0 Å². The summed E-state index contributed by atoms with van der Waals surface area (Å²) in [6.07, 6.45) is 2.77. The first-order valence-corrected chi connectivity index (χ1v) is 12.2. The Morgan fingerprint density at radius 1 is 0.676 bits per heavy atom. The van der Waals surface area contributed by atoms with Crippen LogP contribution in [0.25, 0.3) is 32.9 Å². The van der Waals surface area contributed by atoms with E-state index < -0.39 is 0 Å². The van der Waals surface area contributed by atoms with Crippen molar-refractivity contribution in [1.29, 1.82) is 0 Å². The van der Waals surface area contributed by atoms with E-state index in [-0.39, 0.29) is 5.78 Å². The zero-order chi connectivity index (χ0) is 23.4. The Kier molecular flexibility index (Phi) is 4.84. The molecule has 0 unspecified atom stereocenters. The number of carbonyl (C=O) groups excluding carboxylic acids is 1. The molecule has 0 fully saturated rings. The van der Waals surface area contributed by atoms with Crippen molar-refractivity contribution in [2.45, 2.75) is 33.1 Å². The van der Waals surface area contributed by atoms with Gasteiger partial charge in [-0.2, -0.15) is 4.57 Å². The minimum absolute atomic E-state index is 0.139. The summed E-state index contributed by atoms with van der Waals surface area (Å²) in [7, 11) is 2.12. The molecule has 166 valence electrons. The van der Waals surface area contributed by atoms with Crippen LogP contribution in [0.1, 0.15) is 52.0 Å². The zero-order valence-electron chi connectivity index (χ0n) is 20.0. The van der Waals surface area contributed by atoms with Crippen LogP contribution in [0.2, 0.25) is 0 Å². The van der Waals surface area contributed by atoms with Gasteiger partial charge in [0.15, 0.2) is 5.78 Å². The normalized spacial score (nSPS) is 12.4. The average Bonchev–Trinajstić information content (AvgIpc) is 2.88. The fraction of sp³-hybridized carbons (Fsp3) is 0.188. The van der Waals surface area contributed by atoms with Crippen molar-refractivity contribution in [1.82, 2.24) is 0 Å². The van der Waals surface area contributed by atoms with Gasteiger partial charge in [-0.1, -0.05) is 74.5 Å². The van der Waals surface area contributed by atoms with Crippen molar-refractivity contribution < 1.29 is 9.36 Å². The Hall–Kier alpha value is -3.78. The van der Waals surface area contributed by atoms with E-state index in [1.165, 1.54) is 33.2 Å². The number of aromatic nitrogens is 1. The van der Waals surface area contributed by atoms with Crippen molar-refractivity contribution in [3.8, 4) is 11.1 Å². The van der Waals surface area contributed by atoms with Gasteiger partial charge in [-0.15, -0.1) is 0 Å². The molecule has 4 aromatic carbocycles. The van der Waals surface area contributed by atoms with Crippen molar-refractivity contribution in [3.05, 3.63) is 112 Å². The fourth-order valence-corrected chi connectivity index (χ4v) is 5.56. The summed E-state index contributed by atoms with van der Waals surface area (Å²) in [5, 5.41) is 2.31. The molecule has 0 saturated heterocycles. The van der Waals surface area contributed by atoms with Crippen LogP contribution in [-0.4, -0.2) is 5.78 Å². The Morgan fingerprint density at radius 3 is 2.06 bits per heavy atom. The molecule has 1 aliphatic carbocycles. The molecule has 5 aromatic rings. The van der Waals surface area contributed by atoms with E-state index in [9.17, 15) is 4.79 Å². The van der Waals surface area contributed by atoms with Crippen LogP contribution >= 0.6 is 0 Å². The smallest absolute Gasteiger partial charge is 0.214 e. The third-order valence-corrected chi connectivity index (χ3v) is 7.47. The zero-order valence-corrected chi connectivity index (χ0v) is 20.0. The van der Waals surface area contributed by atoms with Crippen LogP contribution < -0.4 is 4.57 Å². The van der Waals surface area contributed by atoms with Gasteiger partial charge >= 0.3 is 0 Å². The quantitative estimate of drug-likeness (QED) is 0.219. The predicted octanol–water partition coefficient (Wildman–Crippen LogP) is 6.74. The van der Waals surface area contributed by atoms with Gasteiger partial charge in [-0.25, -0.2) is 0 Å². The molecule has 0 radical (unpaired) electrons. The lowest BCUT2D eigenvalue weighted by molar-refractivity contribution is -0.617. The van der Waals surface area contributed by atoms with E-state index in [2.05, 4.69) is 86.1 Å². The summed E-state index contributed by atoms with van der Waals surface area (Å²) in [4.78, 5) is 14.0. The largest absolute Gasteiger partial charge is 0.289 e. The van der Waals surface area contributed by atoms with Crippen molar-refractivity contribution in [2.75, 3.05) is 0 Å². The molecule has 1 aromatic heterocycles. The van der Waals surface area contributed by atoms with Crippen molar-refractivity contribution in [3.63, 3.8) is 0 Å². The number of hydrogen-bond donors (Lipinski definition) is 0. The maximum atomic E-state index is 14.0. The van der Waals surface area contributed by atoms with E-state index in [0.29, 0.717) is 0 Å². The first-order valence-electron chi connectivity index (χ1n) is 12.2. The van der Waals surface area contributed by atoms with Crippen LogP contribution in [0, 0.1) is 0 Å². The first kappa shape index (κ1) is 20.8. The minimum atomic E-state index is 0.139. The summed E-state index contributed by atoms with van der Waals surface area (Å²) in [5.41, 5.74) is 11.2. The Bertz CT molecular complexity index is 1610. The highest BCUT2D eigenvalue weighted by Gasteiger charge is 2.32. The summed E-state index contributed by atoms with van der Waals surface area (Å²) < 4.78 is 2.25. The maximum absolute atomic E-state index is 14.0. The predicted molar refractivity (Wildman–Crippen MR) is 140 cm³/mol. The summed E-state index contributed by atoms with van der Waals surface area (Å²) >= 11 is 0. The number of carbonyl (C=O) groups is 1. The van der Waals surface area contributed by atoms with Gasteiger partial charge in [-0.05, 0) is 53.1 Å². The molecule has 1 aliphatic rings. The SMILES string of the molecule is CCc1ccc(Cc2ccc3c4c2C(=O)c2ccccc2-c4c2cc(CC)ccc2[n+]3C)cc1. The molecule has 34 heavy (non-hydrogen) atoms. The number of ketones is 1. The lowest BCUT2D eigenvalue weighted by Gasteiger charge is -2.23. The number of hydrogen-bond acceptors (Lipinski definition) is 1. The van der Waals surface area contributed by atoms with Crippen LogP contribution in [0.4, 0.5) is 0 Å². The van der Waals surface area contributed by atoms with Crippen LogP contribution in [0.3, 0.4) is 0 Å². The van der Waals surface area contributed by atoms with Gasteiger partial charge in [0.1, 0.15) is 7.05 Å². The average molecular weight is 443 g/mol. The number of fused-ring (bicyclic) bond motifs is 4. The Labute approximate surface area is 200 Å². The highest BCUT2D eigenvalue weighted by molar-refractivity contribution is 6.28. The molecule has 0 N–H and O–H groups in total. The number of benzene rings is 4. The molecule has 0 aliphatic heterocycles. The lowest BCUT2D eigenvalue weighted by Crippen LogP contribution is -2.32. The Morgan fingerprint density at radius 2 is 1.32 bits per heavy atom. The van der Waals surface area contributed by atoms with Gasteiger partial charge in [0.25, 0.3) is 0 Å². The molecule has 0 spiro atoms. The standard InChI is InChI=1S/C32H28NO/c1-4-20-10-12-22(13-11-20)18-23-15-17-28-31-29(23)32(34)25-9-7-6-8-24(25)30(31)26-19-21(5-2)14-16-27(26)33(28)3/h6-17,19H,4-5,18H2,1-3H3/q+1. The monoisotopic (exact) mass is 442 g/mol. The van der Waals surface area contributed by atoms with Gasteiger partial charge < -0.3 is 0 Å². The molecule has 0 amide bonds. The number of pyridine rings is 1. The highest BCUT2D eigenvalue weighted by atomic mass is 16.1. The first-order chi connectivity index (χ1) is 16.6. The topological polar surface area (TPSA) is 20.9 Å². The highest BCUT2D eigenvalue weighted by Crippen LogP contribution is 2.43. The van der Waals surface area contributed by atoms with Gasteiger partial charge in [0, 0.05) is 28.8 Å². The molecule has 0 bridgehead atoms. The molecule has 2 nitrogen and oxygen atoms in total. The number of rotatable bonds is 4. The second kappa shape index (κ2) is 7.92. The second-order valence-corrected chi connectivity index (χ2v) is 9.35. The number of aryl methyl sites for hydroxylation is 3. The van der Waals surface area contributed by atoms with E-state index in [1.807, 2.05) is 18.2 Å². The second-order valence-electron chi connectivity index (χ2n) is 9.35. The lowest BCUT2D eigenvalue weighted by atomic mass is 9.79. The molecule has 0 saturated carbocycles. The summed E-state index contributed by atoms with van der Waals surface area (Å²) in [5.74, 6) is 0.139. The maximum Gasteiger partial charge on any atom is 0.214 e. The van der Waals surface area contributed by atoms with Gasteiger partial charge in [-0.3, -0.25) is 4.79 Å². The molecule has 1 heterocycles. The molecule has 0 atom stereocenters. The van der Waals surface area contributed by atoms with Crippen molar-refractivity contribution in [2.24, 2.45) is 7.05 Å². The number of nitrogens with zero attached hydrogens (tertiary/aromatic N) is 1. The summed E-state index contributed by atoms with van der Waals surface area (Å²) in [6.45, 7) is 4.37. The third-order valence-electron chi connectivity index (χ3n) is 7.47. The Balaban J connectivity index is 1.71. The molecule has 2 heteroatoms. The third kappa shape index (κ3) is 3.02. The molecule has 6 rings (SSSR count). The van der Waals surface area contributed by atoms with Gasteiger partial charge in [0.05, 0.1) is 10.8 Å². The minimum Gasteiger partial charge on any atom is -0.289 e. The van der Waals surface area contributed by atoms with Crippen LogP contribution in [0.15, 0.2) is 78.9 Å². The van der Waals surface area contributed by atoms with E-state index >= 15 is 0 Å². The van der Waals surface area contributed by atoms with E-state index in [1.54, 1.807) is 0 Å².